The first kappa shape index (κ1) is 23.7. The average molecular weight is 502 g/mol. The van der Waals surface area contributed by atoms with E-state index in [4.69, 9.17) is 5.11 Å². The molecule has 0 bridgehead atoms. The summed E-state index contributed by atoms with van der Waals surface area (Å²) in [6.45, 7) is 0. The molecule has 7 nitrogen and oxygen atoms in total. The zero-order valence-electron chi connectivity index (χ0n) is 18.9. The van der Waals surface area contributed by atoms with Crippen molar-refractivity contribution < 1.29 is 27.9 Å². The maximum atomic E-state index is 13.0. The number of anilines is 1. The van der Waals surface area contributed by atoms with Gasteiger partial charge in [0.25, 0.3) is 5.91 Å². The fourth-order valence-corrected chi connectivity index (χ4v) is 3.90. The Kier molecular flexibility index (Phi) is 5.92. The molecule has 2 heterocycles. The van der Waals surface area contributed by atoms with Gasteiger partial charge >= 0.3 is 12.1 Å². The van der Waals surface area contributed by atoms with E-state index in [1.165, 1.54) is 24.3 Å². The molecule has 3 aromatic carbocycles. The maximum Gasteiger partial charge on any atom is 0.416 e. The molecule has 0 fully saturated rings. The van der Waals surface area contributed by atoms with Crippen molar-refractivity contribution in [3.63, 3.8) is 0 Å². The van der Waals surface area contributed by atoms with E-state index in [2.05, 4.69) is 15.4 Å². The number of alkyl halides is 3. The topological polar surface area (TPSA) is 96.6 Å². The molecule has 2 aromatic heterocycles. The number of hydrogen-bond donors (Lipinski definition) is 2. The highest BCUT2D eigenvalue weighted by molar-refractivity contribution is 6.04. The van der Waals surface area contributed by atoms with Gasteiger partial charge in [-0.2, -0.15) is 18.3 Å². The van der Waals surface area contributed by atoms with Crippen LogP contribution in [0.5, 0.6) is 0 Å². The van der Waals surface area contributed by atoms with Crippen molar-refractivity contribution in [1.29, 1.82) is 0 Å². The predicted molar refractivity (Wildman–Crippen MR) is 130 cm³/mol. The number of carbonyl (C=O) groups excluding carboxylic acids is 1. The smallest absolute Gasteiger partial charge is 0.416 e. The third kappa shape index (κ3) is 4.76. The number of rotatable bonds is 5. The van der Waals surface area contributed by atoms with E-state index in [0.717, 1.165) is 17.7 Å². The van der Waals surface area contributed by atoms with Crippen LogP contribution in [-0.2, 0) is 6.18 Å². The summed E-state index contributed by atoms with van der Waals surface area (Å²) >= 11 is 0. The van der Waals surface area contributed by atoms with Crippen LogP contribution in [-0.4, -0.2) is 31.6 Å². The van der Waals surface area contributed by atoms with E-state index in [9.17, 15) is 22.8 Å². The molecule has 10 heteroatoms. The molecule has 0 unspecified atom stereocenters. The molecule has 0 aliphatic heterocycles. The van der Waals surface area contributed by atoms with E-state index in [0.29, 0.717) is 28.2 Å². The minimum absolute atomic E-state index is 0.114. The van der Waals surface area contributed by atoms with Gasteiger partial charge in [0.1, 0.15) is 0 Å². The summed E-state index contributed by atoms with van der Waals surface area (Å²) in [6, 6.07) is 19.1. The molecule has 37 heavy (non-hydrogen) atoms. The number of nitrogens with one attached hydrogen (secondary N) is 1. The number of carboxylic acid groups (broad SMARTS) is 1. The summed E-state index contributed by atoms with van der Waals surface area (Å²) < 4.78 is 40.7. The van der Waals surface area contributed by atoms with Gasteiger partial charge in [0, 0.05) is 28.6 Å². The number of benzene rings is 3. The summed E-state index contributed by atoms with van der Waals surface area (Å²) in [6.07, 6.45) is -1.32. The number of nitrogens with zero attached hydrogens (tertiary/aromatic N) is 3. The van der Waals surface area contributed by atoms with Crippen LogP contribution in [0.4, 0.5) is 18.9 Å². The fourth-order valence-electron chi connectivity index (χ4n) is 3.90. The second kappa shape index (κ2) is 9.23. The molecular weight excluding hydrogens is 485 g/mol. The van der Waals surface area contributed by atoms with Crippen LogP contribution >= 0.6 is 0 Å². The second-order valence-electron chi connectivity index (χ2n) is 8.12. The summed E-state index contributed by atoms with van der Waals surface area (Å²) in [4.78, 5) is 28.2. The van der Waals surface area contributed by atoms with Crippen LogP contribution in [0.2, 0.25) is 0 Å². The van der Waals surface area contributed by atoms with Gasteiger partial charge in [-0.15, -0.1) is 0 Å². The molecule has 0 atom stereocenters. The van der Waals surface area contributed by atoms with Gasteiger partial charge in [-0.3, -0.25) is 4.79 Å². The molecule has 1 amide bonds. The van der Waals surface area contributed by atoms with Gasteiger partial charge in [-0.1, -0.05) is 30.3 Å². The fraction of sp³-hybridized carbons (Fsp3) is 0.0370. The zero-order chi connectivity index (χ0) is 26.2. The summed E-state index contributed by atoms with van der Waals surface area (Å²) in [5.74, 6) is -1.69. The molecule has 0 saturated carbocycles. The first-order valence-electron chi connectivity index (χ1n) is 11.0. The predicted octanol–water partition coefficient (Wildman–Crippen LogP) is 6.03. The molecule has 0 aliphatic rings. The van der Waals surface area contributed by atoms with Gasteiger partial charge in [0.15, 0.2) is 5.65 Å². The van der Waals surface area contributed by atoms with Crippen molar-refractivity contribution in [3.8, 4) is 22.4 Å². The SMILES string of the molecule is O=C(O)c1ccc(-c2cnn3c(-c4cccc(NC(=O)c5cccc(C(F)(F)F)c5)c4)ccnc23)cc1. The van der Waals surface area contributed by atoms with Crippen molar-refractivity contribution >= 4 is 23.2 Å². The van der Waals surface area contributed by atoms with E-state index in [1.54, 1.807) is 59.4 Å². The molecule has 5 rings (SSSR count). The van der Waals surface area contributed by atoms with E-state index < -0.39 is 23.6 Å². The second-order valence-corrected chi connectivity index (χ2v) is 8.12. The molecule has 0 spiro atoms. The lowest BCUT2D eigenvalue weighted by Gasteiger charge is -2.11. The average Bonchev–Trinajstić information content (AvgIpc) is 3.33. The van der Waals surface area contributed by atoms with Crippen LogP contribution in [0.25, 0.3) is 28.0 Å². The van der Waals surface area contributed by atoms with E-state index in [-0.39, 0.29) is 11.1 Å². The zero-order valence-corrected chi connectivity index (χ0v) is 18.9. The van der Waals surface area contributed by atoms with Crippen LogP contribution in [0.15, 0.2) is 91.3 Å². The van der Waals surface area contributed by atoms with Crippen LogP contribution < -0.4 is 5.32 Å². The summed E-state index contributed by atoms with van der Waals surface area (Å²) in [7, 11) is 0. The Labute approximate surface area is 207 Å². The number of carboxylic acids is 1. The Morgan fingerprint density at radius 1 is 0.865 bits per heavy atom. The van der Waals surface area contributed by atoms with Gasteiger partial charge in [0.05, 0.1) is 23.0 Å². The van der Waals surface area contributed by atoms with Gasteiger partial charge in [-0.25, -0.2) is 14.3 Å². The Balaban J connectivity index is 1.45. The normalized spacial score (nSPS) is 11.4. The van der Waals surface area contributed by atoms with Gasteiger partial charge < -0.3 is 10.4 Å². The number of aromatic carboxylic acids is 1. The van der Waals surface area contributed by atoms with E-state index >= 15 is 0 Å². The number of aromatic nitrogens is 3. The lowest BCUT2D eigenvalue weighted by Crippen LogP contribution is -2.14. The Morgan fingerprint density at radius 2 is 1.62 bits per heavy atom. The summed E-state index contributed by atoms with van der Waals surface area (Å²) in [5, 5.41) is 16.2. The minimum atomic E-state index is -4.55. The highest BCUT2D eigenvalue weighted by Crippen LogP contribution is 2.31. The first-order chi connectivity index (χ1) is 17.7. The largest absolute Gasteiger partial charge is 0.478 e. The Morgan fingerprint density at radius 3 is 2.35 bits per heavy atom. The minimum Gasteiger partial charge on any atom is -0.478 e. The van der Waals surface area contributed by atoms with E-state index in [1.807, 2.05) is 0 Å². The lowest BCUT2D eigenvalue weighted by atomic mass is 10.1. The maximum absolute atomic E-state index is 13.0. The quantitative estimate of drug-likeness (QED) is 0.306. The number of carbonyl (C=O) groups is 2. The number of hydrogen-bond acceptors (Lipinski definition) is 4. The molecule has 5 aromatic rings. The number of fused-ring (bicyclic) bond motifs is 1. The van der Waals surface area contributed by atoms with Crippen molar-refractivity contribution in [2.75, 3.05) is 5.32 Å². The van der Waals surface area contributed by atoms with Crippen molar-refractivity contribution in [2.24, 2.45) is 0 Å². The molecular formula is C27H17F3N4O3. The van der Waals surface area contributed by atoms with Crippen LogP contribution in [0.3, 0.4) is 0 Å². The molecule has 0 saturated heterocycles. The Bertz CT molecular complexity index is 1640. The third-order valence-corrected chi connectivity index (χ3v) is 5.71. The van der Waals surface area contributed by atoms with Crippen molar-refractivity contribution in [1.82, 2.24) is 14.6 Å². The van der Waals surface area contributed by atoms with Crippen LogP contribution in [0, 0.1) is 0 Å². The van der Waals surface area contributed by atoms with Crippen molar-refractivity contribution in [3.05, 3.63) is 108 Å². The first-order valence-corrected chi connectivity index (χ1v) is 11.0. The highest BCUT2D eigenvalue weighted by Gasteiger charge is 2.30. The summed E-state index contributed by atoms with van der Waals surface area (Å²) in [5.41, 5.74) is 2.87. The third-order valence-electron chi connectivity index (χ3n) is 5.71. The van der Waals surface area contributed by atoms with Crippen molar-refractivity contribution in [2.45, 2.75) is 6.18 Å². The van der Waals surface area contributed by atoms with Gasteiger partial charge in [0.2, 0.25) is 0 Å². The Hall–Kier alpha value is -4.99. The highest BCUT2D eigenvalue weighted by atomic mass is 19.4. The number of amides is 1. The van der Waals surface area contributed by atoms with Gasteiger partial charge in [-0.05, 0) is 54.1 Å². The molecule has 184 valence electrons. The van der Waals surface area contributed by atoms with Crippen LogP contribution in [0.1, 0.15) is 26.3 Å². The monoisotopic (exact) mass is 502 g/mol. The molecule has 0 radical (unpaired) electrons. The lowest BCUT2D eigenvalue weighted by molar-refractivity contribution is -0.137. The standard InChI is InChI=1S/C27H17F3N4O3/c28-27(29,30)20-5-1-4-19(13-20)25(35)33-21-6-2-3-18(14-21)23-11-12-31-24-22(15-32-34(23)24)16-7-9-17(10-8-16)26(36)37/h1-15H,(H,33,35)(H,36,37). The number of halogens is 3. The molecule has 0 aliphatic carbocycles. The molecule has 2 N–H and O–H groups in total.